The Balaban J connectivity index is 1.55. The maximum absolute atomic E-state index is 12.4. The molecule has 1 saturated carbocycles. The minimum absolute atomic E-state index is 0.0253. The summed E-state index contributed by atoms with van der Waals surface area (Å²) in [6.45, 7) is 1.94. The van der Waals surface area contributed by atoms with E-state index in [4.69, 9.17) is 4.98 Å². The van der Waals surface area contributed by atoms with E-state index in [0.29, 0.717) is 34.2 Å². The van der Waals surface area contributed by atoms with Gasteiger partial charge in [0.25, 0.3) is 0 Å². The fourth-order valence-corrected chi connectivity index (χ4v) is 4.01. The molecule has 6 rings (SSSR count). The Labute approximate surface area is 183 Å². The summed E-state index contributed by atoms with van der Waals surface area (Å²) in [5.74, 6) is 1.20. The molecule has 158 valence electrons. The number of anilines is 1. The Morgan fingerprint density at radius 2 is 2.03 bits per heavy atom. The summed E-state index contributed by atoms with van der Waals surface area (Å²) < 4.78 is 1.96. The lowest BCUT2D eigenvalue weighted by molar-refractivity contribution is -0.117. The van der Waals surface area contributed by atoms with Gasteiger partial charge in [-0.25, -0.2) is 24.9 Å². The van der Waals surface area contributed by atoms with Gasteiger partial charge in [-0.05, 0) is 38.0 Å². The molecule has 9 nitrogen and oxygen atoms in total. The van der Waals surface area contributed by atoms with Crippen LogP contribution in [0.15, 0.2) is 43.0 Å². The normalized spacial score (nSPS) is 13.7. The molecule has 0 aromatic carbocycles. The van der Waals surface area contributed by atoms with E-state index in [1.165, 1.54) is 0 Å². The summed E-state index contributed by atoms with van der Waals surface area (Å²) in [6, 6.07) is 7.71. The Hall–Kier alpha value is -4.14. The van der Waals surface area contributed by atoms with E-state index in [0.717, 1.165) is 35.0 Å². The number of aromatic amines is 1. The minimum atomic E-state index is 0.0253. The van der Waals surface area contributed by atoms with Crippen molar-refractivity contribution in [1.29, 1.82) is 0 Å². The second kappa shape index (κ2) is 6.94. The zero-order valence-corrected chi connectivity index (χ0v) is 17.6. The van der Waals surface area contributed by atoms with Crippen molar-refractivity contribution in [2.75, 3.05) is 5.32 Å². The van der Waals surface area contributed by atoms with E-state index in [2.05, 4.69) is 30.2 Å². The van der Waals surface area contributed by atoms with Crippen LogP contribution >= 0.6 is 0 Å². The van der Waals surface area contributed by atoms with Crippen LogP contribution in [-0.2, 0) is 11.8 Å². The summed E-state index contributed by atoms with van der Waals surface area (Å²) in [4.78, 5) is 38.5. The number of hydrogen-bond donors (Lipinski definition) is 2. The highest BCUT2D eigenvalue weighted by Crippen LogP contribution is 2.36. The summed E-state index contributed by atoms with van der Waals surface area (Å²) >= 11 is 0. The van der Waals surface area contributed by atoms with E-state index in [1.807, 2.05) is 49.0 Å². The van der Waals surface area contributed by atoms with Crippen molar-refractivity contribution in [3.63, 3.8) is 0 Å². The molecule has 0 radical (unpaired) electrons. The Kier molecular flexibility index (Phi) is 4.04. The monoisotopic (exact) mass is 424 g/mol. The lowest BCUT2D eigenvalue weighted by Crippen LogP contribution is -2.15. The molecular formula is C23H20N8O. The number of hydrogen-bond acceptors (Lipinski definition) is 6. The first-order chi connectivity index (χ1) is 15.6. The SMILES string of the molecule is Cc1cccc(-c2nc(-c3cn(C)c4c(NC(=O)C5CC5)nccc34)c3nc[nH]c3n2)n1. The molecule has 1 fully saturated rings. The lowest BCUT2D eigenvalue weighted by atomic mass is 10.1. The fraction of sp³-hybridized carbons (Fsp3) is 0.217. The van der Waals surface area contributed by atoms with Crippen LogP contribution in [0, 0.1) is 12.8 Å². The van der Waals surface area contributed by atoms with Gasteiger partial charge in [-0.3, -0.25) is 4.79 Å². The van der Waals surface area contributed by atoms with Gasteiger partial charge in [0.1, 0.15) is 16.9 Å². The Morgan fingerprint density at radius 1 is 1.16 bits per heavy atom. The van der Waals surface area contributed by atoms with Crippen molar-refractivity contribution < 1.29 is 4.79 Å². The number of carbonyl (C=O) groups is 1. The number of rotatable bonds is 4. The highest BCUT2D eigenvalue weighted by atomic mass is 16.2. The zero-order chi connectivity index (χ0) is 21.8. The van der Waals surface area contributed by atoms with Gasteiger partial charge in [0.2, 0.25) is 5.91 Å². The molecule has 9 heteroatoms. The predicted molar refractivity (Wildman–Crippen MR) is 121 cm³/mol. The molecule has 5 aromatic heterocycles. The molecular weight excluding hydrogens is 404 g/mol. The van der Waals surface area contributed by atoms with Crippen LogP contribution in [0.5, 0.6) is 0 Å². The van der Waals surface area contributed by atoms with Gasteiger partial charge < -0.3 is 14.9 Å². The number of nitrogens with zero attached hydrogens (tertiary/aromatic N) is 6. The van der Waals surface area contributed by atoms with Crippen molar-refractivity contribution in [2.45, 2.75) is 19.8 Å². The molecule has 0 spiro atoms. The van der Waals surface area contributed by atoms with Gasteiger partial charge in [-0.1, -0.05) is 6.07 Å². The van der Waals surface area contributed by atoms with Crippen LogP contribution in [0.1, 0.15) is 18.5 Å². The first-order valence-electron chi connectivity index (χ1n) is 10.5. The third kappa shape index (κ3) is 3.01. The third-order valence-electron chi connectivity index (χ3n) is 5.73. The maximum atomic E-state index is 12.4. The van der Waals surface area contributed by atoms with Crippen molar-refractivity contribution in [2.24, 2.45) is 13.0 Å². The average Bonchev–Trinajstić information content (AvgIpc) is 3.44. The molecule has 1 amide bonds. The molecule has 0 saturated heterocycles. The fourth-order valence-electron chi connectivity index (χ4n) is 4.01. The van der Waals surface area contributed by atoms with Gasteiger partial charge >= 0.3 is 0 Å². The van der Waals surface area contributed by atoms with Crippen molar-refractivity contribution in [3.8, 4) is 22.8 Å². The highest BCUT2D eigenvalue weighted by Gasteiger charge is 2.30. The second-order valence-electron chi connectivity index (χ2n) is 8.13. The van der Waals surface area contributed by atoms with E-state index in [-0.39, 0.29) is 11.8 Å². The first-order valence-corrected chi connectivity index (χ1v) is 10.5. The van der Waals surface area contributed by atoms with Crippen molar-refractivity contribution in [3.05, 3.63) is 48.7 Å². The number of imidazole rings is 1. The Bertz CT molecular complexity index is 1510. The van der Waals surface area contributed by atoms with Crippen LogP contribution in [0.3, 0.4) is 0 Å². The molecule has 2 N–H and O–H groups in total. The molecule has 1 aliphatic carbocycles. The Morgan fingerprint density at radius 3 is 2.84 bits per heavy atom. The molecule has 5 aromatic rings. The average molecular weight is 424 g/mol. The largest absolute Gasteiger partial charge is 0.347 e. The van der Waals surface area contributed by atoms with E-state index in [9.17, 15) is 4.79 Å². The number of nitrogens with one attached hydrogen (secondary N) is 2. The maximum Gasteiger partial charge on any atom is 0.228 e. The standard InChI is InChI=1S/C23H20N8O/c1-12-4-3-5-16(27-12)20-28-17(18-21(29-20)26-11-25-18)15-10-31(2)19-14(15)8-9-24-22(19)30-23(32)13-6-7-13/h3-5,8-11,13H,6-7H2,1-2H3,(H,24,30,32)(H,25,26,28,29). The van der Waals surface area contributed by atoms with Gasteiger partial charge in [0.15, 0.2) is 17.3 Å². The van der Waals surface area contributed by atoms with Crippen LogP contribution in [-0.4, -0.2) is 40.4 Å². The predicted octanol–water partition coefficient (Wildman–Crippen LogP) is 3.63. The summed E-state index contributed by atoms with van der Waals surface area (Å²) in [6.07, 6.45) is 7.19. The highest BCUT2D eigenvalue weighted by molar-refractivity contribution is 6.07. The topological polar surface area (TPSA) is 114 Å². The third-order valence-corrected chi connectivity index (χ3v) is 5.73. The lowest BCUT2D eigenvalue weighted by Gasteiger charge is -2.07. The van der Waals surface area contributed by atoms with Gasteiger partial charge in [-0.2, -0.15) is 0 Å². The molecule has 5 heterocycles. The number of aromatic nitrogens is 7. The van der Waals surface area contributed by atoms with Crippen LogP contribution in [0.4, 0.5) is 5.82 Å². The summed E-state index contributed by atoms with van der Waals surface area (Å²) in [7, 11) is 1.94. The van der Waals surface area contributed by atoms with E-state index >= 15 is 0 Å². The summed E-state index contributed by atoms with van der Waals surface area (Å²) in [5.41, 5.74) is 5.34. The van der Waals surface area contributed by atoms with E-state index in [1.54, 1.807) is 12.5 Å². The van der Waals surface area contributed by atoms with Crippen LogP contribution in [0.25, 0.3) is 44.8 Å². The zero-order valence-electron chi connectivity index (χ0n) is 17.6. The molecule has 0 unspecified atom stereocenters. The van der Waals surface area contributed by atoms with Gasteiger partial charge in [-0.15, -0.1) is 0 Å². The number of carbonyl (C=O) groups excluding carboxylic acids is 1. The molecule has 0 bridgehead atoms. The number of pyridine rings is 2. The second-order valence-corrected chi connectivity index (χ2v) is 8.13. The van der Waals surface area contributed by atoms with Crippen LogP contribution < -0.4 is 5.32 Å². The quantitative estimate of drug-likeness (QED) is 0.455. The van der Waals surface area contributed by atoms with Gasteiger partial charge in [0.05, 0.1) is 11.8 Å². The van der Waals surface area contributed by atoms with E-state index < -0.39 is 0 Å². The van der Waals surface area contributed by atoms with Crippen LogP contribution in [0.2, 0.25) is 0 Å². The number of aryl methyl sites for hydroxylation is 2. The molecule has 1 aliphatic rings. The minimum Gasteiger partial charge on any atom is -0.347 e. The van der Waals surface area contributed by atoms with Crippen molar-refractivity contribution >= 4 is 33.8 Å². The number of fused-ring (bicyclic) bond motifs is 2. The number of H-pyrrole nitrogens is 1. The molecule has 0 aliphatic heterocycles. The molecule has 32 heavy (non-hydrogen) atoms. The van der Waals surface area contributed by atoms with Crippen molar-refractivity contribution in [1.82, 2.24) is 34.5 Å². The smallest absolute Gasteiger partial charge is 0.228 e. The summed E-state index contributed by atoms with van der Waals surface area (Å²) in [5, 5.41) is 3.92. The number of amides is 1. The van der Waals surface area contributed by atoms with Gasteiger partial charge in [0, 0.05) is 42.0 Å². The molecule has 0 atom stereocenters. The first kappa shape index (κ1) is 18.6.